The molecule has 0 atom stereocenters. The average Bonchev–Trinajstić information content (AvgIpc) is 2.36. The SMILES string of the molecule is CCCNS(=O)(=O)C(C)(C)c1ccc(CC(C)C)cc1. The van der Waals surface area contributed by atoms with E-state index in [4.69, 9.17) is 0 Å². The topological polar surface area (TPSA) is 46.2 Å². The van der Waals surface area contributed by atoms with Crippen LogP contribution >= 0.6 is 0 Å². The number of hydrogen-bond donors (Lipinski definition) is 1. The predicted molar refractivity (Wildman–Crippen MR) is 85.2 cm³/mol. The minimum Gasteiger partial charge on any atom is -0.214 e. The van der Waals surface area contributed by atoms with Crippen molar-refractivity contribution < 1.29 is 8.42 Å². The van der Waals surface area contributed by atoms with Gasteiger partial charge in [0.25, 0.3) is 0 Å². The van der Waals surface area contributed by atoms with Crippen molar-refractivity contribution in [2.24, 2.45) is 5.92 Å². The lowest BCUT2D eigenvalue weighted by molar-refractivity contribution is 0.539. The van der Waals surface area contributed by atoms with Crippen LogP contribution in [0.5, 0.6) is 0 Å². The summed E-state index contributed by atoms with van der Waals surface area (Å²) in [5, 5.41) is 0. The van der Waals surface area contributed by atoms with Gasteiger partial charge in [-0.05, 0) is 43.7 Å². The van der Waals surface area contributed by atoms with Gasteiger partial charge in [-0.2, -0.15) is 0 Å². The Morgan fingerprint density at radius 2 is 1.70 bits per heavy atom. The molecule has 0 aliphatic carbocycles. The number of benzene rings is 1. The third kappa shape index (κ3) is 4.06. The summed E-state index contributed by atoms with van der Waals surface area (Å²) in [5.74, 6) is 0.601. The van der Waals surface area contributed by atoms with Crippen LogP contribution in [0.25, 0.3) is 0 Å². The maximum absolute atomic E-state index is 12.4. The van der Waals surface area contributed by atoms with E-state index in [2.05, 4.69) is 18.6 Å². The highest BCUT2D eigenvalue weighted by Crippen LogP contribution is 2.29. The summed E-state index contributed by atoms with van der Waals surface area (Å²) in [5.41, 5.74) is 2.08. The largest absolute Gasteiger partial charge is 0.221 e. The van der Waals surface area contributed by atoms with E-state index < -0.39 is 14.8 Å². The van der Waals surface area contributed by atoms with E-state index in [1.54, 1.807) is 13.8 Å². The standard InChI is InChI=1S/C16H27NO2S/c1-6-11-17-20(18,19)16(4,5)15-9-7-14(8-10-15)12-13(2)3/h7-10,13,17H,6,11-12H2,1-5H3. The molecule has 114 valence electrons. The smallest absolute Gasteiger partial charge is 0.214 e. The molecule has 1 N–H and O–H groups in total. The highest BCUT2D eigenvalue weighted by Gasteiger charge is 2.35. The first-order valence-electron chi connectivity index (χ1n) is 7.29. The minimum atomic E-state index is -3.36. The summed E-state index contributed by atoms with van der Waals surface area (Å²) in [6, 6.07) is 7.94. The molecule has 0 bridgehead atoms. The summed E-state index contributed by atoms with van der Waals surface area (Å²) < 4.78 is 26.5. The van der Waals surface area contributed by atoms with Gasteiger partial charge in [0.1, 0.15) is 4.75 Å². The minimum absolute atomic E-state index is 0.483. The van der Waals surface area contributed by atoms with Gasteiger partial charge < -0.3 is 0 Å². The quantitative estimate of drug-likeness (QED) is 0.838. The van der Waals surface area contributed by atoms with E-state index in [-0.39, 0.29) is 0 Å². The molecule has 0 fully saturated rings. The van der Waals surface area contributed by atoms with Gasteiger partial charge in [0.05, 0.1) is 0 Å². The third-order valence-electron chi connectivity index (χ3n) is 3.51. The second kappa shape index (κ2) is 6.72. The van der Waals surface area contributed by atoms with Crippen molar-refractivity contribution in [3.05, 3.63) is 35.4 Å². The van der Waals surface area contributed by atoms with Crippen molar-refractivity contribution in [3.8, 4) is 0 Å². The summed E-state index contributed by atoms with van der Waals surface area (Å²) in [7, 11) is -3.36. The summed E-state index contributed by atoms with van der Waals surface area (Å²) >= 11 is 0. The van der Waals surface area contributed by atoms with E-state index in [1.165, 1.54) is 5.56 Å². The molecular formula is C16H27NO2S. The van der Waals surface area contributed by atoms with Crippen molar-refractivity contribution in [3.63, 3.8) is 0 Å². The lowest BCUT2D eigenvalue weighted by atomic mass is 9.97. The second-order valence-corrected chi connectivity index (χ2v) is 8.52. The van der Waals surface area contributed by atoms with Crippen LogP contribution in [0, 0.1) is 5.92 Å². The Kier molecular flexibility index (Phi) is 5.78. The Labute approximate surface area is 123 Å². The van der Waals surface area contributed by atoms with Gasteiger partial charge in [-0.15, -0.1) is 0 Å². The van der Waals surface area contributed by atoms with Crippen molar-refractivity contribution in [1.82, 2.24) is 4.72 Å². The predicted octanol–water partition coefficient (Wildman–Crippen LogP) is 3.45. The van der Waals surface area contributed by atoms with Crippen molar-refractivity contribution in [2.45, 2.75) is 52.2 Å². The molecule has 0 radical (unpaired) electrons. The Balaban J connectivity index is 2.97. The molecule has 1 rings (SSSR count). The van der Waals surface area contributed by atoms with Crippen molar-refractivity contribution >= 4 is 10.0 Å². The molecule has 0 aliphatic heterocycles. The first-order valence-corrected chi connectivity index (χ1v) is 8.77. The monoisotopic (exact) mass is 297 g/mol. The molecule has 0 heterocycles. The van der Waals surface area contributed by atoms with E-state index in [0.29, 0.717) is 12.5 Å². The van der Waals surface area contributed by atoms with Gasteiger partial charge in [-0.25, -0.2) is 13.1 Å². The van der Waals surface area contributed by atoms with Gasteiger partial charge in [-0.1, -0.05) is 45.0 Å². The number of sulfonamides is 1. The zero-order valence-corrected chi connectivity index (χ0v) is 14.0. The summed E-state index contributed by atoms with van der Waals surface area (Å²) in [4.78, 5) is 0. The third-order valence-corrected chi connectivity index (χ3v) is 5.67. The Morgan fingerprint density at radius 3 is 2.15 bits per heavy atom. The molecule has 0 aromatic heterocycles. The molecular weight excluding hydrogens is 270 g/mol. The Hall–Kier alpha value is -0.870. The van der Waals surface area contributed by atoms with Crippen LogP contribution in [-0.2, 0) is 21.2 Å². The van der Waals surface area contributed by atoms with E-state index >= 15 is 0 Å². The first-order chi connectivity index (χ1) is 9.20. The molecule has 0 aliphatic rings. The molecule has 0 saturated carbocycles. The van der Waals surface area contributed by atoms with Crippen LogP contribution in [0.4, 0.5) is 0 Å². The van der Waals surface area contributed by atoms with Crippen LogP contribution in [0.3, 0.4) is 0 Å². The summed E-state index contributed by atoms with van der Waals surface area (Å²) in [6.45, 7) is 10.3. The van der Waals surface area contributed by atoms with Gasteiger partial charge in [0, 0.05) is 6.54 Å². The molecule has 0 saturated heterocycles. The van der Waals surface area contributed by atoms with Gasteiger partial charge in [0.2, 0.25) is 10.0 Å². The fraction of sp³-hybridized carbons (Fsp3) is 0.625. The molecule has 20 heavy (non-hydrogen) atoms. The van der Waals surface area contributed by atoms with Crippen LogP contribution < -0.4 is 4.72 Å². The lowest BCUT2D eigenvalue weighted by Crippen LogP contribution is -2.40. The van der Waals surface area contributed by atoms with Crippen LogP contribution in [0.15, 0.2) is 24.3 Å². The number of nitrogens with one attached hydrogen (secondary N) is 1. The highest BCUT2D eigenvalue weighted by molar-refractivity contribution is 7.90. The molecule has 0 unspecified atom stereocenters. The molecule has 1 aromatic carbocycles. The van der Waals surface area contributed by atoms with Crippen LogP contribution in [0.1, 0.15) is 52.2 Å². The maximum atomic E-state index is 12.4. The normalized spacial score (nSPS) is 12.9. The van der Waals surface area contributed by atoms with Crippen LogP contribution in [-0.4, -0.2) is 15.0 Å². The lowest BCUT2D eigenvalue weighted by Gasteiger charge is -2.26. The zero-order chi connectivity index (χ0) is 15.4. The van der Waals surface area contributed by atoms with E-state index in [1.807, 2.05) is 31.2 Å². The molecule has 0 amide bonds. The molecule has 0 spiro atoms. The average molecular weight is 297 g/mol. The Morgan fingerprint density at radius 1 is 1.15 bits per heavy atom. The Bertz CT molecular complexity index is 516. The van der Waals surface area contributed by atoms with Gasteiger partial charge >= 0.3 is 0 Å². The van der Waals surface area contributed by atoms with Crippen LogP contribution in [0.2, 0.25) is 0 Å². The van der Waals surface area contributed by atoms with Gasteiger partial charge in [-0.3, -0.25) is 0 Å². The second-order valence-electron chi connectivity index (χ2n) is 6.20. The fourth-order valence-corrected chi connectivity index (χ4v) is 3.37. The van der Waals surface area contributed by atoms with E-state index in [0.717, 1.165) is 18.4 Å². The zero-order valence-electron chi connectivity index (χ0n) is 13.2. The first kappa shape index (κ1) is 17.2. The molecule has 1 aromatic rings. The summed E-state index contributed by atoms with van der Waals surface area (Å²) in [6.07, 6.45) is 1.81. The highest BCUT2D eigenvalue weighted by atomic mass is 32.2. The number of rotatable bonds is 7. The maximum Gasteiger partial charge on any atom is 0.221 e. The van der Waals surface area contributed by atoms with E-state index in [9.17, 15) is 8.42 Å². The molecule has 4 heteroatoms. The van der Waals surface area contributed by atoms with Gasteiger partial charge in [0.15, 0.2) is 0 Å². The van der Waals surface area contributed by atoms with Crippen molar-refractivity contribution in [1.29, 1.82) is 0 Å². The fourth-order valence-electron chi connectivity index (χ4n) is 2.09. The van der Waals surface area contributed by atoms with Crippen molar-refractivity contribution in [2.75, 3.05) is 6.54 Å². The molecule has 3 nitrogen and oxygen atoms in total. The number of hydrogen-bond acceptors (Lipinski definition) is 2.